The van der Waals surface area contributed by atoms with E-state index in [1.54, 1.807) is 0 Å². The fraction of sp³-hybridized carbons (Fsp3) is 0.0417. The van der Waals surface area contributed by atoms with Gasteiger partial charge in [-0.2, -0.15) is 5.26 Å². The summed E-state index contributed by atoms with van der Waals surface area (Å²) < 4.78 is 2.50. The number of aromatic nitrogens is 1. The van der Waals surface area contributed by atoms with Crippen molar-refractivity contribution in [2.45, 2.75) is 20.8 Å². The summed E-state index contributed by atoms with van der Waals surface area (Å²) in [6, 6.07) is 91.3. The Kier molecular flexibility index (Phi) is 10.3. The van der Waals surface area contributed by atoms with Gasteiger partial charge in [-0.1, -0.05) is 201 Å². The Bertz CT molecular complexity index is 4790. The number of fused-ring (bicyclic) bond motifs is 10. The van der Waals surface area contributed by atoms with Crippen LogP contribution >= 0.6 is 0 Å². The van der Waals surface area contributed by atoms with E-state index in [-0.39, 0.29) is 0 Å². The molecule has 1 heterocycles. The van der Waals surface area contributed by atoms with Crippen molar-refractivity contribution in [3.05, 3.63) is 254 Å². The second kappa shape index (κ2) is 17.5. The SMILES string of the molecule is CC.Cc1ccc(-c2ccc3c(c2)c2cc4ccc5c(N(c6ccc(-c7ccccc7)cc6)c6ccc7ccc8ccccc8c7c6)c(C#N)cc6ccc(c4c65)c2n3-c2ccc3ccc4ccccc4c3c2)cc1. The fourth-order valence-corrected chi connectivity index (χ4v) is 12.1. The molecule has 0 aliphatic carbocycles. The molecular formula is C72H49N3. The molecule has 0 bridgehead atoms. The van der Waals surface area contributed by atoms with E-state index < -0.39 is 0 Å². The van der Waals surface area contributed by atoms with E-state index in [0.717, 1.165) is 60.9 Å². The summed E-state index contributed by atoms with van der Waals surface area (Å²) in [5, 5.41) is 30.1. The number of hydrogen-bond acceptors (Lipinski definition) is 2. The maximum atomic E-state index is 11.3. The molecule has 0 fully saturated rings. The third-order valence-corrected chi connectivity index (χ3v) is 15.5. The van der Waals surface area contributed by atoms with Crippen LogP contribution in [0.3, 0.4) is 0 Å². The van der Waals surface area contributed by atoms with Gasteiger partial charge in [-0.3, -0.25) is 0 Å². The van der Waals surface area contributed by atoms with Gasteiger partial charge >= 0.3 is 0 Å². The molecule has 0 aliphatic rings. The first-order chi connectivity index (χ1) is 37.0. The van der Waals surface area contributed by atoms with Gasteiger partial charge in [0.15, 0.2) is 0 Å². The molecular weight excluding hydrogens is 907 g/mol. The van der Waals surface area contributed by atoms with Gasteiger partial charge in [0, 0.05) is 38.6 Å². The summed E-state index contributed by atoms with van der Waals surface area (Å²) >= 11 is 0. The second-order valence-electron chi connectivity index (χ2n) is 19.6. The van der Waals surface area contributed by atoms with Crippen molar-refractivity contribution in [1.29, 1.82) is 5.26 Å². The highest BCUT2D eigenvalue weighted by atomic mass is 15.1. The van der Waals surface area contributed by atoms with E-state index in [1.807, 2.05) is 13.8 Å². The van der Waals surface area contributed by atoms with Crippen LogP contribution in [0.5, 0.6) is 0 Å². The van der Waals surface area contributed by atoms with E-state index in [0.29, 0.717) is 5.56 Å². The number of anilines is 3. The van der Waals surface area contributed by atoms with Crippen molar-refractivity contribution >= 4 is 114 Å². The van der Waals surface area contributed by atoms with Gasteiger partial charge in [-0.25, -0.2) is 0 Å². The van der Waals surface area contributed by atoms with E-state index in [9.17, 15) is 5.26 Å². The van der Waals surface area contributed by atoms with Crippen molar-refractivity contribution in [1.82, 2.24) is 4.57 Å². The van der Waals surface area contributed by atoms with Crippen LogP contribution in [-0.4, -0.2) is 4.57 Å². The Morgan fingerprint density at radius 1 is 0.360 bits per heavy atom. The van der Waals surface area contributed by atoms with Crippen molar-refractivity contribution < 1.29 is 0 Å². The minimum atomic E-state index is 0.613. The van der Waals surface area contributed by atoms with Crippen LogP contribution in [0.25, 0.3) is 125 Å². The van der Waals surface area contributed by atoms with Crippen LogP contribution < -0.4 is 4.90 Å². The summed E-state index contributed by atoms with van der Waals surface area (Å²) in [6.07, 6.45) is 0. The van der Waals surface area contributed by atoms with E-state index in [2.05, 4.69) is 265 Å². The first kappa shape index (κ1) is 44.0. The molecule has 0 aliphatic heterocycles. The zero-order valence-corrected chi connectivity index (χ0v) is 41.9. The molecule has 3 nitrogen and oxygen atoms in total. The molecule has 15 rings (SSSR count). The predicted molar refractivity (Wildman–Crippen MR) is 321 cm³/mol. The Balaban J connectivity index is 0.00000255. The smallest absolute Gasteiger partial charge is 0.101 e. The third-order valence-electron chi connectivity index (χ3n) is 15.5. The van der Waals surface area contributed by atoms with E-state index in [1.165, 1.54) is 86.8 Å². The number of benzene rings is 14. The highest BCUT2D eigenvalue weighted by Gasteiger charge is 2.26. The molecule has 0 saturated heterocycles. The standard InChI is InChI=1S/C70H43N3.C2H6/c1-43-15-17-46(18-16-43)51-29-36-66-64(38-51)65-39-53-28-34-60-67-52(27-35-61(68(53)67)70(65)73(66)57-33-26-50-22-20-48-12-6-8-14-59(48)63(50)41-57)37-54(42-71)69(60)72(55-30-23-45(24-31-55)44-9-3-2-4-10-44)56-32-25-49-21-19-47-11-5-7-13-58(47)62(49)40-56;1-2/h2-41H,1H3;1-2H3. The number of nitriles is 1. The van der Waals surface area contributed by atoms with Gasteiger partial charge in [0.25, 0.3) is 0 Å². The van der Waals surface area contributed by atoms with E-state index >= 15 is 0 Å². The van der Waals surface area contributed by atoms with Gasteiger partial charge in [-0.05, 0) is 154 Å². The number of rotatable bonds is 6. The molecule has 352 valence electrons. The van der Waals surface area contributed by atoms with Gasteiger partial charge < -0.3 is 9.47 Å². The highest BCUT2D eigenvalue weighted by Crippen LogP contribution is 2.50. The lowest BCUT2D eigenvalue weighted by molar-refractivity contribution is 1.19. The first-order valence-corrected chi connectivity index (χ1v) is 26.0. The van der Waals surface area contributed by atoms with Crippen LogP contribution in [0.4, 0.5) is 17.1 Å². The lowest BCUT2D eigenvalue weighted by atomic mass is 9.89. The Morgan fingerprint density at radius 3 is 1.59 bits per heavy atom. The van der Waals surface area contributed by atoms with Gasteiger partial charge in [0.2, 0.25) is 0 Å². The van der Waals surface area contributed by atoms with Gasteiger partial charge in [-0.15, -0.1) is 0 Å². The molecule has 75 heavy (non-hydrogen) atoms. The molecule has 1 aromatic heterocycles. The molecule has 0 unspecified atom stereocenters. The van der Waals surface area contributed by atoms with E-state index in [4.69, 9.17) is 0 Å². The fourth-order valence-electron chi connectivity index (χ4n) is 12.1. The predicted octanol–water partition coefficient (Wildman–Crippen LogP) is 20.3. The zero-order chi connectivity index (χ0) is 50.3. The first-order valence-electron chi connectivity index (χ1n) is 26.0. The minimum Gasteiger partial charge on any atom is -0.309 e. The van der Waals surface area contributed by atoms with Crippen molar-refractivity contribution in [2.75, 3.05) is 4.90 Å². The third kappa shape index (κ3) is 6.95. The maximum absolute atomic E-state index is 11.3. The van der Waals surface area contributed by atoms with Crippen molar-refractivity contribution in [3.63, 3.8) is 0 Å². The highest BCUT2D eigenvalue weighted by molar-refractivity contribution is 6.33. The Morgan fingerprint density at radius 2 is 0.880 bits per heavy atom. The summed E-state index contributed by atoms with van der Waals surface area (Å²) in [6.45, 7) is 6.14. The summed E-state index contributed by atoms with van der Waals surface area (Å²) in [5.74, 6) is 0. The molecule has 0 atom stereocenters. The number of hydrogen-bond donors (Lipinski definition) is 0. The summed E-state index contributed by atoms with van der Waals surface area (Å²) in [7, 11) is 0. The Labute approximate surface area is 435 Å². The molecule has 0 saturated carbocycles. The topological polar surface area (TPSA) is 32.0 Å². The molecule has 3 heteroatoms. The van der Waals surface area contributed by atoms with Gasteiger partial charge in [0.05, 0.1) is 22.3 Å². The molecule has 0 amide bonds. The van der Waals surface area contributed by atoms with Gasteiger partial charge in [0.1, 0.15) is 6.07 Å². The monoisotopic (exact) mass is 955 g/mol. The molecule has 0 spiro atoms. The summed E-state index contributed by atoms with van der Waals surface area (Å²) in [4.78, 5) is 2.32. The molecule has 15 aromatic rings. The molecule has 0 N–H and O–H groups in total. The lowest BCUT2D eigenvalue weighted by Crippen LogP contribution is -2.12. The largest absolute Gasteiger partial charge is 0.309 e. The quantitative estimate of drug-likeness (QED) is 0.156. The van der Waals surface area contributed by atoms with Crippen LogP contribution in [0.2, 0.25) is 0 Å². The van der Waals surface area contributed by atoms with Crippen LogP contribution in [-0.2, 0) is 0 Å². The zero-order valence-electron chi connectivity index (χ0n) is 41.9. The second-order valence-corrected chi connectivity index (χ2v) is 19.6. The molecule has 0 radical (unpaired) electrons. The minimum absolute atomic E-state index is 0.613. The van der Waals surface area contributed by atoms with Crippen LogP contribution in [0, 0.1) is 18.3 Å². The molecule has 14 aromatic carbocycles. The lowest BCUT2D eigenvalue weighted by Gasteiger charge is -2.29. The van der Waals surface area contributed by atoms with Crippen molar-refractivity contribution in [2.24, 2.45) is 0 Å². The van der Waals surface area contributed by atoms with Crippen LogP contribution in [0.1, 0.15) is 25.0 Å². The average molecular weight is 956 g/mol. The Hall–Kier alpha value is -9.75. The number of nitrogens with zero attached hydrogens (tertiary/aromatic N) is 3. The normalized spacial score (nSPS) is 11.7. The van der Waals surface area contributed by atoms with Crippen LogP contribution in [0.15, 0.2) is 243 Å². The maximum Gasteiger partial charge on any atom is 0.101 e. The average Bonchev–Trinajstić information content (AvgIpc) is 3.82. The van der Waals surface area contributed by atoms with Crippen molar-refractivity contribution in [3.8, 4) is 34.0 Å². The summed E-state index contributed by atoms with van der Waals surface area (Å²) in [5.41, 5.74) is 12.8. The number of aryl methyl sites for hydroxylation is 1.